The molecule has 90 valence electrons. The molecular formula is C9H11BrClNO3S. The molecule has 0 saturated heterocycles. The lowest BCUT2D eigenvalue weighted by Crippen LogP contribution is -2.37. The Kier molecular flexibility index (Phi) is 5.20. The van der Waals surface area contributed by atoms with E-state index in [1.54, 1.807) is 13.0 Å². The second-order valence-corrected chi connectivity index (χ2v) is 5.53. The van der Waals surface area contributed by atoms with Crippen LogP contribution in [0.25, 0.3) is 0 Å². The smallest absolute Gasteiger partial charge is 0.326 e. The second-order valence-electron chi connectivity index (χ2n) is 2.99. The zero-order valence-corrected chi connectivity index (χ0v) is 11.6. The van der Waals surface area contributed by atoms with Gasteiger partial charge in [-0.3, -0.25) is 4.79 Å². The molecule has 1 aromatic rings. The Balaban J connectivity index is 2.77. The quantitative estimate of drug-likeness (QED) is 0.830. The molecule has 16 heavy (non-hydrogen) atoms. The summed E-state index contributed by atoms with van der Waals surface area (Å²) in [5.74, 6) is -0.629. The Hall–Kier alpha value is -0.140. The van der Waals surface area contributed by atoms with Crippen molar-refractivity contribution in [2.45, 2.75) is 19.1 Å². The predicted octanol–water partition coefficient (Wildman–Crippen LogP) is 2.09. The summed E-state index contributed by atoms with van der Waals surface area (Å²) in [5.41, 5.74) is 5.56. The van der Waals surface area contributed by atoms with Gasteiger partial charge in [0.2, 0.25) is 0 Å². The molecule has 3 N–H and O–H groups in total. The lowest BCUT2D eigenvalue weighted by molar-refractivity contribution is -0.147. The highest BCUT2D eigenvalue weighted by Crippen LogP contribution is 2.35. The number of carbonyl (C=O) groups is 1. The van der Waals surface area contributed by atoms with Gasteiger partial charge in [-0.25, -0.2) is 0 Å². The van der Waals surface area contributed by atoms with E-state index in [-0.39, 0.29) is 6.61 Å². The van der Waals surface area contributed by atoms with Gasteiger partial charge in [0.25, 0.3) is 0 Å². The number of ether oxygens (including phenoxy) is 1. The lowest BCUT2D eigenvalue weighted by atomic mass is 10.1. The molecule has 0 aliphatic carbocycles. The summed E-state index contributed by atoms with van der Waals surface area (Å²) in [6, 6.07) is 0.540. The fraction of sp³-hybridized carbons (Fsp3) is 0.444. The molecule has 0 amide bonds. The van der Waals surface area contributed by atoms with Crippen molar-refractivity contribution in [1.29, 1.82) is 0 Å². The Bertz CT molecular complexity index is 365. The van der Waals surface area contributed by atoms with Crippen LogP contribution < -0.4 is 5.73 Å². The maximum absolute atomic E-state index is 11.3. The van der Waals surface area contributed by atoms with Crippen LogP contribution in [0.5, 0.6) is 0 Å². The maximum atomic E-state index is 11.3. The van der Waals surface area contributed by atoms with E-state index in [1.807, 2.05) is 0 Å². The normalized spacial score (nSPS) is 14.6. The molecule has 0 fully saturated rings. The molecule has 4 nitrogen and oxygen atoms in total. The largest absolute Gasteiger partial charge is 0.465 e. The average Bonchev–Trinajstić information content (AvgIpc) is 2.57. The second kappa shape index (κ2) is 5.97. The number of rotatable bonds is 4. The minimum atomic E-state index is -1.10. The summed E-state index contributed by atoms with van der Waals surface area (Å²) in [7, 11) is 0. The van der Waals surface area contributed by atoms with Crippen LogP contribution in [0.1, 0.15) is 17.9 Å². The summed E-state index contributed by atoms with van der Waals surface area (Å²) < 4.78 is 5.89. The molecule has 0 aliphatic heterocycles. The number of nitrogens with two attached hydrogens (primary N) is 1. The molecule has 7 heteroatoms. The first-order valence-electron chi connectivity index (χ1n) is 4.52. The third-order valence-corrected chi connectivity index (χ3v) is 4.40. The zero-order valence-electron chi connectivity index (χ0n) is 8.44. The number of aliphatic hydroxyl groups excluding tert-OH is 1. The van der Waals surface area contributed by atoms with Crippen LogP contribution in [-0.4, -0.2) is 23.7 Å². The van der Waals surface area contributed by atoms with Crippen molar-refractivity contribution in [2.75, 3.05) is 6.61 Å². The lowest BCUT2D eigenvalue weighted by Gasteiger charge is -2.15. The van der Waals surface area contributed by atoms with Gasteiger partial charge in [0.15, 0.2) is 0 Å². The van der Waals surface area contributed by atoms with Gasteiger partial charge in [0.1, 0.15) is 16.5 Å². The minimum absolute atomic E-state index is 0.230. The molecule has 1 rings (SSSR count). The highest BCUT2D eigenvalue weighted by Gasteiger charge is 2.27. The van der Waals surface area contributed by atoms with E-state index in [9.17, 15) is 9.90 Å². The Morgan fingerprint density at radius 2 is 2.44 bits per heavy atom. The zero-order chi connectivity index (χ0) is 12.3. The molecule has 0 radical (unpaired) electrons. The Labute approximate surface area is 110 Å². The highest BCUT2D eigenvalue weighted by atomic mass is 79.9. The highest BCUT2D eigenvalue weighted by molar-refractivity contribution is 9.10. The van der Waals surface area contributed by atoms with Gasteiger partial charge in [0.05, 0.1) is 6.61 Å². The number of hydrogen-bond acceptors (Lipinski definition) is 5. The van der Waals surface area contributed by atoms with Crippen molar-refractivity contribution in [2.24, 2.45) is 5.73 Å². The number of hydrogen-bond donors (Lipinski definition) is 2. The van der Waals surface area contributed by atoms with Gasteiger partial charge in [-0.1, -0.05) is 11.6 Å². The van der Waals surface area contributed by atoms with Crippen LogP contribution >= 0.6 is 38.9 Å². The van der Waals surface area contributed by atoms with Crippen molar-refractivity contribution in [3.63, 3.8) is 0 Å². The minimum Gasteiger partial charge on any atom is -0.465 e. The van der Waals surface area contributed by atoms with E-state index in [1.165, 1.54) is 11.3 Å². The standard InChI is InChI=1S/C9H11BrClNO3S/c1-2-15-9(14)6(12)7(13)5-3-4(10)8(11)16-5/h3,6-7,13H,2,12H2,1H3. The molecule has 1 aromatic heterocycles. The van der Waals surface area contributed by atoms with Crippen molar-refractivity contribution < 1.29 is 14.6 Å². The Morgan fingerprint density at radius 3 is 2.88 bits per heavy atom. The van der Waals surface area contributed by atoms with Crippen molar-refractivity contribution in [1.82, 2.24) is 0 Å². The third kappa shape index (κ3) is 3.18. The van der Waals surface area contributed by atoms with Gasteiger partial charge in [0, 0.05) is 9.35 Å². The molecular weight excluding hydrogens is 318 g/mol. The van der Waals surface area contributed by atoms with E-state index in [4.69, 9.17) is 22.1 Å². The van der Waals surface area contributed by atoms with E-state index in [2.05, 4.69) is 15.9 Å². The van der Waals surface area contributed by atoms with Crippen molar-refractivity contribution in [3.05, 3.63) is 19.8 Å². The van der Waals surface area contributed by atoms with Crippen LogP contribution in [-0.2, 0) is 9.53 Å². The number of esters is 1. The average molecular weight is 329 g/mol. The predicted molar refractivity (Wildman–Crippen MR) is 66.6 cm³/mol. The first kappa shape index (κ1) is 13.9. The topological polar surface area (TPSA) is 72.5 Å². The Morgan fingerprint density at radius 1 is 1.81 bits per heavy atom. The summed E-state index contributed by atoms with van der Waals surface area (Å²) in [5, 5.41) is 9.83. The first-order chi connectivity index (χ1) is 7.47. The maximum Gasteiger partial charge on any atom is 0.326 e. The fourth-order valence-electron chi connectivity index (χ4n) is 1.05. The number of aliphatic hydroxyl groups is 1. The van der Waals surface area contributed by atoms with E-state index in [0.29, 0.717) is 13.7 Å². The van der Waals surface area contributed by atoms with Crippen LogP contribution in [0, 0.1) is 0 Å². The van der Waals surface area contributed by atoms with Gasteiger partial charge in [-0.15, -0.1) is 11.3 Å². The molecule has 0 aliphatic rings. The summed E-state index contributed by atoms with van der Waals surface area (Å²) in [6.45, 7) is 1.91. The molecule has 0 spiro atoms. The van der Waals surface area contributed by atoms with Crippen LogP contribution in [0.4, 0.5) is 0 Å². The van der Waals surface area contributed by atoms with Crippen molar-refractivity contribution in [3.8, 4) is 0 Å². The number of halogens is 2. The monoisotopic (exact) mass is 327 g/mol. The summed E-state index contributed by atoms with van der Waals surface area (Å²) >= 11 is 10.2. The number of thiophene rings is 1. The van der Waals surface area contributed by atoms with Gasteiger partial charge >= 0.3 is 5.97 Å². The van der Waals surface area contributed by atoms with Gasteiger partial charge < -0.3 is 15.6 Å². The molecule has 2 atom stereocenters. The van der Waals surface area contributed by atoms with E-state index >= 15 is 0 Å². The molecule has 0 aromatic carbocycles. The molecule has 0 saturated carbocycles. The van der Waals surface area contributed by atoms with Crippen LogP contribution in [0.15, 0.2) is 10.5 Å². The third-order valence-electron chi connectivity index (χ3n) is 1.85. The van der Waals surface area contributed by atoms with Gasteiger partial charge in [-0.2, -0.15) is 0 Å². The van der Waals surface area contributed by atoms with Crippen LogP contribution in [0.3, 0.4) is 0 Å². The summed E-state index contributed by atoms with van der Waals surface area (Å²) in [4.78, 5) is 11.8. The SMILES string of the molecule is CCOC(=O)C(N)C(O)c1cc(Br)c(Cl)s1. The van der Waals surface area contributed by atoms with E-state index < -0.39 is 18.1 Å². The molecule has 1 heterocycles. The first-order valence-corrected chi connectivity index (χ1v) is 6.51. The number of carbonyl (C=O) groups excluding carboxylic acids is 1. The molecule has 0 bridgehead atoms. The van der Waals surface area contributed by atoms with Gasteiger partial charge in [-0.05, 0) is 28.9 Å². The molecule has 2 unspecified atom stereocenters. The van der Waals surface area contributed by atoms with E-state index in [0.717, 1.165) is 0 Å². The fourth-order valence-corrected chi connectivity index (χ4v) is 2.82. The van der Waals surface area contributed by atoms with Crippen molar-refractivity contribution >= 4 is 44.8 Å². The van der Waals surface area contributed by atoms with Crippen LogP contribution in [0.2, 0.25) is 4.34 Å². The summed E-state index contributed by atoms with van der Waals surface area (Å²) in [6.07, 6.45) is -1.10.